The Labute approximate surface area is 63.8 Å². The first kappa shape index (κ1) is 10.2. The Morgan fingerprint density at radius 3 is 2.50 bits per heavy atom. The molecule has 0 heterocycles. The van der Waals surface area contributed by atoms with Gasteiger partial charge < -0.3 is 5.32 Å². The monoisotopic (exact) mass is 168 g/mol. The lowest BCUT2D eigenvalue weighted by Gasteiger charge is -2.32. The van der Waals surface area contributed by atoms with Crippen molar-refractivity contribution in [2.45, 2.75) is 0 Å². The fourth-order valence-electron chi connectivity index (χ4n) is 0.424. The molecule has 5 heteroatoms. The van der Waals surface area contributed by atoms with Crippen molar-refractivity contribution in [1.82, 2.24) is 10.0 Å². The lowest BCUT2D eigenvalue weighted by molar-refractivity contribution is 0.390. The molecule has 0 aromatic rings. The topological polar surface area (TPSA) is 53.5 Å². The van der Waals surface area contributed by atoms with Crippen LogP contribution in [0, 0.1) is 0 Å². The third-order valence-corrected chi connectivity index (χ3v) is 2.46. The van der Waals surface area contributed by atoms with Crippen LogP contribution in [-0.2, 0) is 4.18 Å². The van der Waals surface area contributed by atoms with Gasteiger partial charge in [0.25, 0.3) is 0 Å². The normalized spacial score (nSPS) is 20.0. The van der Waals surface area contributed by atoms with Gasteiger partial charge in [0.2, 0.25) is 0 Å². The Kier molecular flexibility index (Phi) is 5.02. The number of hydrogen-bond acceptors (Lipinski definition) is 4. The SMILES string of the molecule is CNCCNS(C)(O)OC. The lowest BCUT2D eigenvalue weighted by Crippen LogP contribution is -2.28. The average molecular weight is 168 g/mol. The summed E-state index contributed by atoms with van der Waals surface area (Å²) in [6.45, 7) is 1.54. The third-order valence-electron chi connectivity index (χ3n) is 1.07. The van der Waals surface area contributed by atoms with Gasteiger partial charge in [0, 0.05) is 19.3 Å². The molecule has 64 valence electrons. The summed E-state index contributed by atoms with van der Waals surface area (Å²) in [5.41, 5.74) is 0. The third kappa shape index (κ3) is 5.01. The second-order valence-electron chi connectivity index (χ2n) is 1.97. The summed E-state index contributed by atoms with van der Waals surface area (Å²) in [5.74, 6) is 0. The van der Waals surface area contributed by atoms with E-state index < -0.39 is 10.8 Å². The Morgan fingerprint density at radius 2 is 2.10 bits per heavy atom. The molecule has 0 saturated heterocycles. The molecule has 10 heavy (non-hydrogen) atoms. The summed E-state index contributed by atoms with van der Waals surface area (Å²) in [5, 5.41) is 2.95. The standard InChI is InChI=1S/C5H16N2O2S/c1-6-4-5-7-10(3,8)9-2/h6-8H,4-5H2,1-3H3. The van der Waals surface area contributed by atoms with Crippen LogP contribution < -0.4 is 10.0 Å². The van der Waals surface area contributed by atoms with Crippen LogP contribution in [-0.4, -0.2) is 38.1 Å². The van der Waals surface area contributed by atoms with E-state index in [1.807, 2.05) is 7.05 Å². The molecule has 0 aliphatic rings. The molecule has 0 spiro atoms. The molecule has 0 amide bonds. The second kappa shape index (κ2) is 4.92. The van der Waals surface area contributed by atoms with Crippen LogP contribution >= 0.6 is 10.8 Å². The molecule has 1 atom stereocenters. The molecular weight excluding hydrogens is 152 g/mol. The van der Waals surface area contributed by atoms with E-state index in [2.05, 4.69) is 10.0 Å². The van der Waals surface area contributed by atoms with Crippen LogP contribution in [0.25, 0.3) is 0 Å². The van der Waals surface area contributed by atoms with E-state index in [9.17, 15) is 4.55 Å². The maximum absolute atomic E-state index is 9.27. The summed E-state index contributed by atoms with van der Waals surface area (Å²) in [6.07, 6.45) is 1.64. The van der Waals surface area contributed by atoms with Gasteiger partial charge >= 0.3 is 0 Å². The van der Waals surface area contributed by atoms with Crippen molar-refractivity contribution in [3.8, 4) is 0 Å². The molecule has 0 aliphatic heterocycles. The van der Waals surface area contributed by atoms with Gasteiger partial charge in [0.05, 0.1) is 7.11 Å². The lowest BCUT2D eigenvalue weighted by atomic mass is 10.7. The Hall–Kier alpha value is 0.190. The molecule has 1 unspecified atom stereocenters. The first-order chi connectivity index (χ1) is 4.62. The van der Waals surface area contributed by atoms with Gasteiger partial charge in [-0.2, -0.15) is 0 Å². The highest BCUT2D eigenvalue weighted by atomic mass is 32.3. The van der Waals surface area contributed by atoms with Gasteiger partial charge in [0.1, 0.15) is 0 Å². The fourth-order valence-corrected chi connectivity index (χ4v) is 1.02. The zero-order valence-corrected chi connectivity index (χ0v) is 7.49. The second-order valence-corrected chi connectivity index (χ2v) is 4.19. The first-order valence-corrected chi connectivity index (χ1v) is 5.00. The Bertz CT molecular complexity index is 89.7. The zero-order chi connectivity index (χ0) is 8.04. The number of nitrogens with one attached hydrogen (secondary N) is 2. The molecule has 0 rings (SSSR count). The van der Waals surface area contributed by atoms with Gasteiger partial charge in [-0.15, -0.1) is 10.8 Å². The van der Waals surface area contributed by atoms with Crippen molar-refractivity contribution in [1.29, 1.82) is 0 Å². The van der Waals surface area contributed by atoms with E-state index in [1.165, 1.54) is 7.11 Å². The molecule has 0 aromatic heterocycles. The summed E-state index contributed by atoms with van der Waals surface area (Å²) < 4.78 is 16.9. The number of hydrogen-bond donors (Lipinski definition) is 3. The molecule has 0 aromatic carbocycles. The largest absolute Gasteiger partial charge is 0.318 e. The van der Waals surface area contributed by atoms with Gasteiger partial charge in [-0.3, -0.25) is 8.74 Å². The van der Waals surface area contributed by atoms with E-state index in [0.29, 0.717) is 6.54 Å². The molecule has 0 bridgehead atoms. The predicted octanol–water partition coefficient (Wildman–Crippen LogP) is 0.179. The van der Waals surface area contributed by atoms with Crippen LogP contribution in [0.2, 0.25) is 0 Å². The maximum Gasteiger partial charge on any atom is 0.0619 e. The highest BCUT2D eigenvalue weighted by Gasteiger charge is 2.03. The fraction of sp³-hybridized carbons (Fsp3) is 1.00. The van der Waals surface area contributed by atoms with E-state index >= 15 is 0 Å². The molecule has 0 aliphatic carbocycles. The van der Waals surface area contributed by atoms with Gasteiger partial charge in [-0.1, -0.05) is 0 Å². The molecule has 3 N–H and O–H groups in total. The minimum absolute atomic E-state index is 0.715. The van der Waals surface area contributed by atoms with Gasteiger partial charge in [0.15, 0.2) is 0 Å². The molecule has 0 saturated carbocycles. The minimum Gasteiger partial charge on any atom is -0.318 e. The van der Waals surface area contributed by atoms with Crippen LogP contribution in [0.5, 0.6) is 0 Å². The average Bonchev–Trinajstić information content (AvgIpc) is 1.89. The van der Waals surface area contributed by atoms with Crippen molar-refractivity contribution in [3.05, 3.63) is 0 Å². The summed E-state index contributed by atoms with van der Waals surface area (Å²) in [7, 11) is 1.37. The molecule has 4 nitrogen and oxygen atoms in total. The van der Waals surface area contributed by atoms with Crippen molar-refractivity contribution in [2.24, 2.45) is 0 Å². The highest BCUT2D eigenvalue weighted by Crippen LogP contribution is 2.32. The maximum atomic E-state index is 9.27. The quantitative estimate of drug-likeness (QED) is 0.513. The molecule has 0 radical (unpaired) electrons. The Morgan fingerprint density at radius 1 is 1.50 bits per heavy atom. The van der Waals surface area contributed by atoms with Gasteiger partial charge in [-0.25, -0.2) is 4.72 Å². The summed E-state index contributed by atoms with van der Waals surface area (Å²) >= 11 is 0. The van der Waals surface area contributed by atoms with Crippen molar-refractivity contribution < 1.29 is 8.74 Å². The van der Waals surface area contributed by atoms with Crippen LogP contribution in [0.4, 0.5) is 0 Å². The number of rotatable bonds is 5. The van der Waals surface area contributed by atoms with Gasteiger partial charge in [-0.05, 0) is 7.05 Å². The minimum atomic E-state index is -1.98. The van der Waals surface area contributed by atoms with Crippen LogP contribution in [0.1, 0.15) is 0 Å². The van der Waals surface area contributed by atoms with E-state index in [1.54, 1.807) is 6.26 Å². The smallest absolute Gasteiger partial charge is 0.0619 e. The van der Waals surface area contributed by atoms with E-state index in [4.69, 9.17) is 4.18 Å². The summed E-state index contributed by atoms with van der Waals surface area (Å²) in [6, 6.07) is 0. The van der Waals surface area contributed by atoms with Crippen molar-refractivity contribution >= 4 is 10.8 Å². The summed E-state index contributed by atoms with van der Waals surface area (Å²) in [4.78, 5) is 0. The van der Waals surface area contributed by atoms with Crippen LogP contribution in [0.3, 0.4) is 0 Å². The van der Waals surface area contributed by atoms with E-state index in [-0.39, 0.29) is 0 Å². The highest BCUT2D eigenvalue weighted by molar-refractivity contribution is 8.22. The molecular formula is C5H16N2O2S. The first-order valence-electron chi connectivity index (χ1n) is 3.08. The number of likely N-dealkylation sites (N-methyl/N-ethyl adjacent to an activating group) is 1. The van der Waals surface area contributed by atoms with Crippen LogP contribution in [0.15, 0.2) is 0 Å². The predicted molar refractivity (Wildman–Crippen MR) is 45.1 cm³/mol. The molecule has 0 fully saturated rings. The van der Waals surface area contributed by atoms with Crippen molar-refractivity contribution in [2.75, 3.05) is 33.5 Å². The zero-order valence-electron chi connectivity index (χ0n) is 6.68. The van der Waals surface area contributed by atoms with Crippen molar-refractivity contribution in [3.63, 3.8) is 0 Å². The van der Waals surface area contributed by atoms with E-state index in [0.717, 1.165) is 6.54 Å². The Balaban J connectivity index is 3.28.